The zero-order chi connectivity index (χ0) is 42.8. The van der Waals surface area contributed by atoms with E-state index in [2.05, 4.69) is 67.0 Å². The van der Waals surface area contributed by atoms with Crippen molar-refractivity contribution in [2.24, 2.45) is 0 Å². The molecular weight excluding hydrogens is 759 g/mol. The van der Waals surface area contributed by atoms with E-state index < -0.39 is 51.8 Å². The van der Waals surface area contributed by atoms with Gasteiger partial charge in [0.1, 0.15) is 12.7 Å². The van der Waals surface area contributed by atoms with Gasteiger partial charge in [-0.25, -0.2) is 4.57 Å². The molecule has 0 fully saturated rings. The summed E-state index contributed by atoms with van der Waals surface area (Å²) in [6.07, 6.45) is 45.0. The molecule has 0 aliphatic heterocycles. The molecule has 0 amide bonds. The second-order valence-electron chi connectivity index (χ2n) is 13.7. The first-order valence-corrected chi connectivity index (χ1v) is 22.6. The molecule has 0 radical (unpaired) electrons. The molecule has 0 aromatic rings. The minimum absolute atomic E-state index is 0.126. The number of aliphatic hydroxyl groups excluding tert-OH is 2. The highest BCUT2D eigenvalue weighted by molar-refractivity contribution is 7.47. The fourth-order valence-corrected chi connectivity index (χ4v) is 5.72. The number of hydrogen-bond donors (Lipinski definition) is 3. The maximum Gasteiger partial charge on any atom is 0.472 e. The molecule has 3 N–H and O–H groups in total. The number of phosphoric ester groups is 1. The van der Waals surface area contributed by atoms with Crippen LogP contribution in [0.1, 0.15) is 136 Å². The first-order valence-electron chi connectivity index (χ1n) is 21.1. The van der Waals surface area contributed by atoms with Crippen molar-refractivity contribution in [2.75, 3.05) is 26.4 Å². The second-order valence-corrected chi connectivity index (χ2v) is 15.1. The third-order valence-electron chi connectivity index (χ3n) is 8.20. The topological polar surface area (TPSA) is 166 Å². The lowest BCUT2D eigenvalue weighted by atomic mass is 10.1. The van der Waals surface area contributed by atoms with E-state index in [-0.39, 0.29) is 25.2 Å². The molecule has 11 nitrogen and oxygen atoms in total. The van der Waals surface area contributed by atoms with Gasteiger partial charge in [-0.15, -0.1) is 0 Å². The summed E-state index contributed by atoms with van der Waals surface area (Å²) in [5, 5.41) is 18.3. The Bertz CT molecular complexity index is 1340. The van der Waals surface area contributed by atoms with E-state index >= 15 is 0 Å². The Hall–Kier alpha value is -3.44. The van der Waals surface area contributed by atoms with Crippen LogP contribution in [-0.4, -0.2) is 71.5 Å². The molecule has 0 bridgehead atoms. The van der Waals surface area contributed by atoms with E-state index in [0.717, 1.165) is 83.5 Å². The molecule has 0 spiro atoms. The van der Waals surface area contributed by atoms with Crippen molar-refractivity contribution >= 4 is 25.5 Å². The molecule has 0 saturated heterocycles. The van der Waals surface area contributed by atoms with Gasteiger partial charge < -0.3 is 24.6 Å². The number of unbranched alkanes of at least 4 members (excludes halogenated alkanes) is 7. The van der Waals surface area contributed by atoms with Crippen LogP contribution in [-0.2, 0) is 37.5 Å². The zero-order valence-corrected chi connectivity index (χ0v) is 36.1. The van der Waals surface area contributed by atoms with Crippen molar-refractivity contribution in [1.82, 2.24) is 0 Å². The number of rotatable bonds is 38. The molecule has 328 valence electrons. The normalized spacial score (nSPS) is 14.7. The largest absolute Gasteiger partial charge is 0.472 e. The van der Waals surface area contributed by atoms with Gasteiger partial charge in [-0.1, -0.05) is 131 Å². The van der Waals surface area contributed by atoms with E-state index in [0.29, 0.717) is 25.7 Å². The quantitative estimate of drug-likeness (QED) is 0.0135. The van der Waals surface area contributed by atoms with Crippen LogP contribution in [0.4, 0.5) is 0 Å². The zero-order valence-electron chi connectivity index (χ0n) is 35.2. The summed E-state index contributed by atoms with van der Waals surface area (Å²) in [7, 11) is -4.66. The average Bonchev–Trinajstić information content (AvgIpc) is 3.20. The van der Waals surface area contributed by atoms with Gasteiger partial charge in [0.15, 0.2) is 11.9 Å². The third kappa shape index (κ3) is 39.4. The summed E-state index contributed by atoms with van der Waals surface area (Å²) in [6, 6.07) is 0. The van der Waals surface area contributed by atoms with Crippen LogP contribution in [0.15, 0.2) is 97.2 Å². The summed E-state index contributed by atoms with van der Waals surface area (Å²) in [4.78, 5) is 46.7. The Kier molecular flexibility index (Phi) is 38.0. The van der Waals surface area contributed by atoms with Gasteiger partial charge in [-0.3, -0.25) is 23.4 Å². The minimum atomic E-state index is -4.66. The molecule has 0 aromatic heterocycles. The predicted octanol–water partition coefficient (Wildman–Crippen LogP) is 10.4. The lowest BCUT2D eigenvalue weighted by Crippen LogP contribution is -2.29. The summed E-state index contributed by atoms with van der Waals surface area (Å²) in [5.74, 6) is -0.908. The molecule has 0 heterocycles. The van der Waals surface area contributed by atoms with Crippen LogP contribution in [0.2, 0.25) is 0 Å². The van der Waals surface area contributed by atoms with Crippen molar-refractivity contribution in [3.63, 3.8) is 0 Å². The van der Waals surface area contributed by atoms with Gasteiger partial charge in [0.25, 0.3) is 0 Å². The van der Waals surface area contributed by atoms with Gasteiger partial charge >= 0.3 is 19.8 Å². The summed E-state index contributed by atoms with van der Waals surface area (Å²) in [5.41, 5.74) is 0. The van der Waals surface area contributed by atoms with Crippen molar-refractivity contribution in [3.8, 4) is 0 Å². The Labute approximate surface area is 349 Å². The number of ether oxygens (including phenoxy) is 2. The predicted molar refractivity (Wildman–Crippen MR) is 233 cm³/mol. The Balaban J connectivity index is 4.51. The number of allylic oxidation sites excluding steroid dienone is 16. The van der Waals surface area contributed by atoms with E-state index in [1.54, 1.807) is 12.2 Å². The molecule has 3 atom stereocenters. The molecule has 12 heteroatoms. The van der Waals surface area contributed by atoms with Crippen LogP contribution in [0.5, 0.6) is 0 Å². The Morgan fingerprint density at radius 1 is 0.586 bits per heavy atom. The minimum Gasteiger partial charge on any atom is -0.462 e. The Morgan fingerprint density at radius 2 is 1.12 bits per heavy atom. The van der Waals surface area contributed by atoms with Gasteiger partial charge in [0.2, 0.25) is 0 Å². The smallest absolute Gasteiger partial charge is 0.462 e. The number of carbonyl (C=O) groups excluding carboxylic acids is 3. The molecular formula is C46H73O11P. The maximum absolute atomic E-state index is 12.6. The lowest BCUT2D eigenvalue weighted by Gasteiger charge is -2.20. The average molecular weight is 833 g/mol. The highest BCUT2D eigenvalue weighted by Crippen LogP contribution is 2.43. The van der Waals surface area contributed by atoms with Crippen LogP contribution in [0.3, 0.4) is 0 Å². The lowest BCUT2D eigenvalue weighted by molar-refractivity contribution is -0.161. The Morgan fingerprint density at radius 3 is 1.74 bits per heavy atom. The fraction of sp³-hybridized carbons (Fsp3) is 0.587. The first kappa shape index (κ1) is 54.6. The number of aliphatic hydroxyl groups is 2. The monoisotopic (exact) mass is 832 g/mol. The van der Waals surface area contributed by atoms with Crippen molar-refractivity contribution in [2.45, 2.75) is 148 Å². The van der Waals surface area contributed by atoms with Crippen LogP contribution >= 0.6 is 7.82 Å². The standard InChI is InChI=1S/C46H73O11P/c1-3-5-7-8-9-10-11-12-13-14-15-16-19-23-26-29-33-37-46(51)57-44(41-56-58(52,53)55-39-43(49)38-47)40-54-45(50)36-32-28-25-22-20-17-18-21-24-27-31-35-42(48)34-30-6-4-2/h5,7,9-10,12-13,15-18,22,24-25,27,31,35,43-44,47,49H,3-4,6,8,11,14,19-21,23,26,28-30,32-34,36-41H2,1-2H3,(H,52,53)/b7-5-,10-9-,13-12-,16-15-,18-17-,25-22-,27-24-,35-31+/t43-,44+/m0/s1. The van der Waals surface area contributed by atoms with Gasteiger partial charge in [0, 0.05) is 19.3 Å². The number of ketones is 1. The summed E-state index contributed by atoms with van der Waals surface area (Å²) >= 11 is 0. The van der Waals surface area contributed by atoms with Crippen LogP contribution in [0, 0.1) is 0 Å². The SMILES string of the molecule is CC/C=C\C/C=C\C/C=C\C/C=C\CCCCCCC(=O)O[C@H](COC(=O)CCC/C=C\C/C=C\C/C=C\C=C\C(=O)CCCCC)COP(=O)(O)OC[C@@H](O)CO. The second kappa shape index (κ2) is 40.3. The van der Waals surface area contributed by atoms with Gasteiger partial charge in [-0.2, -0.15) is 0 Å². The summed E-state index contributed by atoms with van der Waals surface area (Å²) < 4.78 is 32.6. The fourth-order valence-electron chi connectivity index (χ4n) is 4.93. The van der Waals surface area contributed by atoms with E-state index in [1.165, 1.54) is 0 Å². The number of phosphoric acid groups is 1. The van der Waals surface area contributed by atoms with Crippen molar-refractivity contribution in [1.29, 1.82) is 0 Å². The van der Waals surface area contributed by atoms with Gasteiger partial charge in [-0.05, 0) is 83.1 Å². The summed E-state index contributed by atoms with van der Waals surface area (Å²) in [6.45, 7) is 1.96. The molecule has 0 aromatic carbocycles. The highest BCUT2D eigenvalue weighted by atomic mass is 31.2. The van der Waals surface area contributed by atoms with Crippen molar-refractivity contribution < 1.29 is 52.6 Å². The van der Waals surface area contributed by atoms with E-state index in [1.807, 2.05) is 36.5 Å². The maximum atomic E-state index is 12.6. The van der Waals surface area contributed by atoms with Gasteiger partial charge in [0.05, 0.1) is 19.8 Å². The third-order valence-corrected chi connectivity index (χ3v) is 9.15. The molecule has 0 aliphatic rings. The van der Waals surface area contributed by atoms with Crippen LogP contribution < -0.4 is 0 Å². The first-order chi connectivity index (χ1) is 28.1. The molecule has 0 rings (SSSR count). The molecule has 0 aliphatic carbocycles. The van der Waals surface area contributed by atoms with Crippen molar-refractivity contribution in [3.05, 3.63) is 97.2 Å². The number of carbonyl (C=O) groups is 3. The van der Waals surface area contributed by atoms with E-state index in [9.17, 15) is 28.9 Å². The number of esters is 2. The van der Waals surface area contributed by atoms with E-state index in [4.69, 9.17) is 19.1 Å². The highest BCUT2D eigenvalue weighted by Gasteiger charge is 2.27. The molecule has 58 heavy (non-hydrogen) atoms. The number of hydrogen-bond acceptors (Lipinski definition) is 10. The molecule has 1 unspecified atom stereocenters. The molecule has 0 saturated carbocycles. The van der Waals surface area contributed by atoms with Crippen LogP contribution in [0.25, 0.3) is 0 Å².